The van der Waals surface area contributed by atoms with Crippen LogP contribution in [0.15, 0.2) is 61.1 Å². The molecule has 0 spiro atoms. The summed E-state index contributed by atoms with van der Waals surface area (Å²) in [6.45, 7) is 0.584. The van der Waals surface area contributed by atoms with Crippen molar-refractivity contribution >= 4 is 0 Å². The summed E-state index contributed by atoms with van der Waals surface area (Å²) < 4.78 is 2.02. The van der Waals surface area contributed by atoms with Crippen molar-refractivity contribution in [1.29, 1.82) is 5.26 Å². The van der Waals surface area contributed by atoms with E-state index in [1.165, 1.54) is 0 Å². The summed E-state index contributed by atoms with van der Waals surface area (Å²) in [5.74, 6) is 0.887. The van der Waals surface area contributed by atoms with Crippen molar-refractivity contribution in [3.05, 3.63) is 72.3 Å². The number of hydrogen-bond acceptors (Lipinski definition) is 3. The fourth-order valence-electron chi connectivity index (χ4n) is 2.13. The van der Waals surface area contributed by atoms with Crippen LogP contribution in [0.3, 0.4) is 0 Å². The quantitative estimate of drug-likeness (QED) is 0.727. The van der Waals surface area contributed by atoms with E-state index in [1.807, 2.05) is 53.2 Å². The molecule has 0 saturated carbocycles. The van der Waals surface area contributed by atoms with E-state index in [2.05, 4.69) is 16.0 Å². The molecule has 3 aromatic rings. The lowest BCUT2D eigenvalue weighted by Gasteiger charge is -2.08. The largest absolute Gasteiger partial charge is 0.326 e. The summed E-state index contributed by atoms with van der Waals surface area (Å²) in [6.07, 6.45) is 5.31. The number of benzene rings is 1. The molecule has 0 amide bonds. The molecule has 20 heavy (non-hydrogen) atoms. The van der Waals surface area contributed by atoms with Crippen molar-refractivity contribution in [1.82, 2.24) is 14.5 Å². The van der Waals surface area contributed by atoms with Gasteiger partial charge in [0, 0.05) is 29.7 Å². The van der Waals surface area contributed by atoms with Crippen molar-refractivity contribution in [2.24, 2.45) is 0 Å². The zero-order chi connectivity index (χ0) is 13.8. The summed E-state index contributed by atoms with van der Waals surface area (Å²) in [4.78, 5) is 8.48. The molecule has 0 fully saturated rings. The lowest BCUT2D eigenvalue weighted by molar-refractivity contribution is 0.799. The third-order valence-electron chi connectivity index (χ3n) is 3.09. The van der Waals surface area contributed by atoms with Gasteiger partial charge in [0.05, 0.1) is 6.54 Å². The van der Waals surface area contributed by atoms with Gasteiger partial charge in [-0.15, -0.1) is 0 Å². The van der Waals surface area contributed by atoms with Gasteiger partial charge in [0.1, 0.15) is 17.6 Å². The Kier molecular flexibility index (Phi) is 3.25. The number of rotatable bonds is 3. The number of nitriles is 1. The lowest BCUT2D eigenvalue weighted by Crippen LogP contribution is -2.03. The smallest absolute Gasteiger partial charge is 0.145 e. The average Bonchev–Trinajstić information content (AvgIpc) is 2.97. The van der Waals surface area contributed by atoms with Gasteiger partial charge in [-0.05, 0) is 6.07 Å². The van der Waals surface area contributed by atoms with Crippen LogP contribution in [-0.2, 0) is 6.54 Å². The fourth-order valence-corrected chi connectivity index (χ4v) is 2.13. The van der Waals surface area contributed by atoms with Crippen LogP contribution in [0.2, 0.25) is 0 Å². The van der Waals surface area contributed by atoms with Gasteiger partial charge in [-0.25, -0.2) is 9.97 Å². The van der Waals surface area contributed by atoms with Gasteiger partial charge in [0.15, 0.2) is 0 Å². The van der Waals surface area contributed by atoms with Crippen LogP contribution in [0.5, 0.6) is 0 Å². The minimum atomic E-state index is 0.459. The van der Waals surface area contributed by atoms with Gasteiger partial charge in [-0.2, -0.15) is 5.26 Å². The van der Waals surface area contributed by atoms with Crippen molar-refractivity contribution < 1.29 is 0 Å². The highest BCUT2D eigenvalue weighted by Gasteiger charge is 2.08. The number of aromatic nitrogens is 3. The second-order valence-corrected chi connectivity index (χ2v) is 4.37. The van der Waals surface area contributed by atoms with Crippen molar-refractivity contribution in [2.45, 2.75) is 6.54 Å². The lowest BCUT2D eigenvalue weighted by atomic mass is 10.2. The third kappa shape index (κ3) is 2.29. The highest BCUT2D eigenvalue weighted by Crippen LogP contribution is 2.18. The maximum Gasteiger partial charge on any atom is 0.145 e. The van der Waals surface area contributed by atoms with Crippen molar-refractivity contribution in [3.8, 4) is 17.5 Å². The van der Waals surface area contributed by atoms with Crippen LogP contribution in [0.4, 0.5) is 0 Å². The molecule has 0 radical (unpaired) electrons. The first kappa shape index (κ1) is 12.1. The number of imidazole rings is 1. The van der Waals surface area contributed by atoms with E-state index in [1.54, 1.807) is 12.4 Å². The van der Waals surface area contributed by atoms with E-state index < -0.39 is 0 Å². The summed E-state index contributed by atoms with van der Waals surface area (Å²) in [6, 6.07) is 15.9. The maximum atomic E-state index is 9.10. The molecule has 0 aliphatic carbocycles. The van der Waals surface area contributed by atoms with Gasteiger partial charge in [0.25, 0.3) is 0 Å². The maximum absolute atomic E-state index is 9.10. The monoisotopic (exact) mass is 260 g/mol. The summed E-state index contributed by atoms with van der Waals surface area (Å²) in [5, 5.41) is 9.10. The Morgan fingerprint density at radius 2 is 1.85 bits per heavy atom. The van der Waals surface area contributed by atoms with Gasteiger partial charge in [0.2, 0.25) is 0 Å². The van der Waals surface area contributed by atoms with Gasteiger partial charge in [-0.3, -0.25) is 0 Å². The van der Waals surface area contributed by atoms with Crippen LogP contribution in [0, 0.1) is 11.3 Å². The summed E-state index contributed by atoms with van der Waals surface area (Å²) in [7, 11) is 0. The van der Waals surface area contributed by atoms with Gasteiger partial charge < -0.3 is 4.57 Å². The molecular formula is C16H12N4. The number of pyridine rings is 1. The fraction of sp³-hybridized carbons (Fsp3) is 0.0625. The Bertz CT molecular complexity index is 753. The second-order valence-electron chi connectivity index (χ2n) is 4.37. The zero-order valence-corrected chi connectivity index (χ0v) is 10.8. The van der Waals surface area contributed by atoms with E-state index in [9.17, 15) is 0 Å². The summed E-state index contributed by atoms with van der Waals surface area (Å²) in [5.41, 5.74) is 2.41. The van der Waals surface area contributed by atoms with Crippen LogP contribution >= 0.6 is 0 Å². The highest BCUT2D eigenvalue weighted by atomic mass is 15.1. The Labute approximate surface area is 117 Å². The third-order valence-corrected chi connectivity index (χ3v) is 3.09. The number of hydrogen-bond donors (Lipinski definition) is 0. The Hall–Kier alpha value is -2.93. The van der Waals surface area contributed by atoms with E-state index >= 15 is 0 Å². The second kappa shape index (κ2) is 5.37. The first-order valence-corrected chi connectivity index (χ1v) is 6.29. The molecule has 0 saturated heterocycles. The molecule has 0 N–H and O–H groups in total. The van der Waals surface area contributed by atoms with Crippen LogP contribution in [0.1, 0.15) is 11.3 Å². The van der Waals surface area contributed by atoms with Gasteiger partial charge in [-0.1, -0.05) is 36.4 Å². The Balaban J connectivity index is 1.98. The molecule has 2 aromatic heterocycles. The van der Waals surface area contributed by atoms with Crippen LogP contribution in [0.25, 0.3) is 11.4 Å². The molecule has 3 rings (SSSR count). The first-order valence-electron chi connectivity index (χ1n) is 6.29. The SMILES string of the molecule is N#Cc1ncccc1Cn1ccnc1-c1ccccc1. The van der Waals surface area contributed by atoms with E-state index in [-0.39, 0.29) is 0 Å². The first-order chi connectivity index (χ1) is 9.88. The highest BCUT2D eigenvalue weighted by molar-refractivity contribution is 5.55. The van der Waals surface area contributed by atoms with Crippen molar-refractivity contribution in [3.63, 3.8) is 0 Å². The van der Waals surface area contributed by atoms with E-state index in [0.29, 0.717) is 12.2 Å². The van der Waals surface area contributed by atoms with Gasteiger partial charge >= 0.3 is 0 Å². The molecule has 4 heteroatoms. The molecule has 0 aliphatic heterocycles. The predicted octanol–water partition coefficient (Wildman–Crippen LogP) is 2.87. The molecule has 0 bridgehead atoms. The Morgan fingerprint density at radius 3 is 2.65 bits per heavy atom. The van der Waals surface area contributed by atoms with Crippen LogP contribution < -0.4 is 0 Å². The van der Waals surface area contributed by atoms with E-state index in [0.717, 1.165) is 17.0 Å². The van der Waals surface area contributed by atoms with Crippen LogP contribution in [-0.4, -0.2) is 14.5 Å². The molecular weight excluding hydrogens is 248 g/mol. The molecule has 96 valence electrons. The number of nitrogens with zero attached hydrogens (tertiary/aromatic N) is 4. The predicted molar refractivity (Wildman–Crippen MR) is 75.7 cm³/mol. The topological polar surface area (TPSA) is 54.5 Å². The minimum Gasteiger partial charge on any atom is -0.326 e. The van der Waals surface area contributed by atoms with Crippen molar-refractivity contribution in [2.75, 3.05) is 0 Å². The standard InChI is InChI=1S/C16H12N4/c17-11-15-14(7-4-8-18-15)12-20-10-9-19-16(20)13-5-2-1-3-6-13/h1-10H,12H2. The minimum absolute atomic E-state index is 0.459. The van der Waals surface area contributed by atoms with E-state index in [4.69, 9.17) is 5.26 Å². The molecule has 0 unspecified atom stereocenters. The molecule has 1 aromatic carbocycles. The molecule has 2 heterocycles. The molecule has 0 atom stereocenters. The zero-order valence-electron chi connectivity index (χ0n) is 10.8. The normalized spacial score (nSPS) is 10.2. The summed E-state index contributed by atoms with van der Waals surface area (Å²) >= 11 is 0. The molecule has 4 nitrogen and oxygen atoms in total. The molecule has 0 aliphatic rings. The average molecular weight is 260 g/mol. The Morgan fingerprint density at radius 1 is 1.00 bits per heavy atom.